The van der Waals surface area contributed by atoms with Crippen LogP contribution in [0, 0.1) is 45.3 Å². The lowest BCUT2D eigenvalue weighted by Crippen LogP contribution is -2.57. The maximum Gasteiger partial charge on any atom is 0.138 e. The summed E-state index contributed by atoms with van der Waals surface area (Å²) >= 11 is 0. The second-order valence-corrected chi connectivity index (χ2v) is 13.2. The molecule has 4 aliphatic rings. The number of hydrogen-bond acceptors (Lipinski definition) is 2. The lowest BCUT2D eigenvalue weighted by atomic mass is 9.41. The molecule has 7 unspecified atom stereocenters. The Bertz CT molecular complexity index is 843. The average molecular weight is 439 g/mol. The third-order valence-corrected chi connectivity index (χ3v) is 11.4. The van der Waals surface area contributed by atoms with Gasteiger partial charge in [0.15, 0.2) is 0 Å². The Morgan fingerprint density at radius 1 is 1.09 bits per heavy atom. The van der Waals surface area contributed by atoms with Gasteiger partial charge >= 0.3 is 0 Å². The van der Waals surface area contributed by atoms with Crippen LogP contribution in [0.25, 0.3) is 0 Å². The smallest absolute Gasteiger partial charge is 0.138 e. The number of aldehydes is 1. The molecule has 0 spiro atoms. The van der Waals surface area contributed by atoms with Gasteiger partial charge in [-0.15, -0.1) is 0 Å². The summed E-state index contributed by atoms with van der Waals surface area (Å²) in [6.45, 7) is 16.3. The summed E-state index contributed by atoms with van der Waals surface area (Å²) in [5.74, 6) is 2.20. The van der Waals surface area contributed by atoms with Gasteiger partial charge in [-0.2, -0.15) is 0 Å². The lowest BCUT2D eigenvalue weighted by molar-refractivity contribution is -0.146. The fourth-order valence-corrected chi connectivity index (χ4v) is 9.17. The van der Waals surface area contributed by atoms with Crippen molar-refractivity contribution in [1.29, 1.82) is 0 Å². The predicted molar refractivity (Wildman–Crippen MR) is 132 cm³/mol. The van der Waals surface area contributed by atoms with E-state index >= 15 is 0 Å². The molecule has 7 atom stereocenters. The van der Waals surface area contributed by atoms with Gasteiger partial charge < -0.3 is 4.79 Å². The molecule has 0 aromatic heterocycles. The number of ketones is 1. The summed E-state index contributed by atoms with van der Waals surface area (Å²) in [6, 6.07) is 0. The summed E-state index contributed by atoms with van der Waals surface area (Å²) in [7, 11) is 0. The number of carbonyl (C=O) groups is 2. The molecule has 0 bridgehead atoms. The van der Waals surface area contributed by atoms with E-state index in [1.165, 1.54) is 37.5 Å². The SMILES string of the molecule is CC(C)=CCCC(C=O)C1CCC2(C)C3=CCC4C(C)(C)C(=O)CCC4(C)C3CCC12C. The quantitative estimate of drug-likeness (QED) is 0.325. The van der Waals surface area contributed by atoms with Crippen LogP contribution in [-0.4, -0.2) is 12.1 Å². The standard InChI is InChI=1S/C30H46O2/c1-20(2)9-8-10-21(19-31)22-13-17-30(7)24-11-12-25-27(3,4)26(32)15-16-28(25,5)23(24)14-18-29(22,30)6/h9,11,19,21-23,25H,8,10,12-18H2,1-7H3. The zero-order valence-electron chi connectivity index (χ0n) is 21.7. The molecule has 0 aromatic rings. The molecule has 4 aliphatic carbocycles. The van der Waals surface area contributed by atoms with Crippen molar-refractivity contribution in [2.45, 2.75) is 106 Å². The second-order valence-electron chi connectivity index (χ2n) is 13.2. The van der Waals surface area contributed by atoms with E-state index in [4.69, 9.17) is 0 Å². The van der Waals surface area contributed by atoms with E-state index in [1.807, 2.05) is 0 Å². The summed E-state index contributed by atoms with van der Waals surface area (Å²) < 4.78 is 0. The van der Waals surface area contributed by atoms with Crippen LogP contribution < -0.4 is 0 Å². The highest BCUT2D eigenvalue weighted by molar-refractivity contribution is 5.85. The van der Waals surface area contributed by atoms with E-state index in [0.29, 0.717) is 23.5 Å². The Balaban J connectivity index is 1.65. The van der Waals surface area contributed by atoms with Gasteiger partial charge in [0.05, 0.1) is 0 Å². The van der Waals surface area contributed by atoms with E-state index in [9.17, 15) is 9.59 Å². The van der Waals surface area contributed by atoms with Crippen molar-refractivity contribution in [2.75, 3.05) is 0 Å². The fraction of sp³-hybridized carbons (Fsp3) is 0.800. The maximum atomic E-state index is 12.8. The molecule has 3 saturated carbocycles. The van der Waals surface area contributed by atoms with E-state index in [1.54, 1.807) is 5.57 Å². The van der Waals surface area contributed by atoms with Gasteiger partial charge in [-0.1, -0.05) is 57.9 Å². The molecule has 4 rings (SSSR count). The molecule has 0 saturated heterocycles. The Labute approximate surface area is 196 Å². The van der Waals surface area contributed by atoms with E-state index < -0.39 is 0 Å². The predicted octanol–water partition coefficient (Wildman–Crippen LogP) is 7.72. The van der Waals surface area contributed by atoms with Gasteiger partial charge in [-0.25, -0.2) is 0 Å². The molecular weight excluding hydrogens is 392 g/mol. The largest absolute Gasteiger partial charge is 0.303 e. The molecule has 0 heterocycles. The van der Waals surface area contributed by atoms with Gasteiger partial charge in [0, 0.05) is 17.8 Å². The Hall–Kier alpha value is -1.18. The summed E-state index contributed by atoms with van der Waals surface area (Å²) in [5.41, 5.74) is 3.47. The highest BCUT2D eigenvalue weighted by atomic mass is 16.1. The molecule has 0 N–H and O–H groups in total. The van der Waals surface area contributed by atoms with E-state index in [-0.39, 0.29) is 27.6 Å². The van der Waals surface area contributed by atoms with Gasteiger partial charge in [0.2, 0.25) is 0 Å². The van der Waals surface area contributed by atoms with Crippen LogP contribution >= 0.6 is 0 Å². The van der Waals surface area contributed by atoms with E-state index in [0.717, 1.165) is 32.1 Å². The van der Waals surface area contributed by atoms with Crippen molar-refractivity contribution in [1.82, 2.24) is 0 Å². The highest BCUT2D eigenvalue weighted by Crippen LogP contribution is 2.73. The van der Waals surface area contributed by atoms with Crippen LogP contribution in [0.5, 0.6) is 0 Å². The third kappa shape index (κ3) is 3.25. The van der Waals surface area contributed by atoms with Crippen LogP contribution in [0.15, 0.2) is 23.3 Å². The number of rotatable bonds is 5. The first-order chi connectivity index (χ1) is 14.9. The first kappa shape index (κ1) is 24.0. The zero-order valence-corrected chi connectivity index (χ0v) is 21.7. The number of allylic oxidation sites excluding steroid dienone is 4. The molecule has 2 heteroatoms. The van der Waals surface area contributed by atoms with Crippen molar-refractivity contribution in [3.63, 3.8) is 0 Å². The van der Waals surface area contributed by atoms with Crippen LogP contribution in [0.1, 0.15) is 106 Å². The molecule has 178 valence electrons. The lowest BCUT2D eigenvalue weighted by Gasteiger charge is -2.63. The van der Waals surface area contributed by atoms with Crippen LogP contribution in [0.4, 0.5) is 0 Å². The van der Waals surface area contributed by atoms with Crippen molar-refractivity contribution in [3.05, 3.63) is 23.3 Å². The average Bonchev–Trinajstić information content (AvgIpc) is 3.00. The first-order valence-electron chi connectivity index (χ1n) is 13.2. The maximum absolute atomic E-state index is 12.8. The zero-order chi connectivity index (χ0) is 23.5. The number of hydrogen-bond donors (Lipinski definition) is 0. The molecule has 2 nitrogen and oxygen atoms in total. The van der Waals surface area contributed by atoms with Gasteiger partial charge in [0.1, 0.15) is 12.1 Å². The van der Waals surface area contributed by atoms with Crippen LogP contribution in [0.2, 0.25) is 0 Å². The molecule has 0 radical (unpaired) electrons. The third-order valence-electron chi connectivity index (χ3n) is 11.4. The first-order valence-corrected chi connectivity index (χ1v) is 13.2. The van der Waals surface area contributed by atoms with Gasteiger partial charge in [-0.05, 0) is 99.2 Å². The normalized spacial score (nSPS) is 43.4. The summed E-state index contributed by atoms with van der Waals surface area (Å²) in [5, 5.41) is 0. The minimum Gasteiger partial charge on any atom is -0.303 e. The van der Waals surface area contributed by atoms with Gasteiger partial charge in [-0.3, -0.25) is 4.79 Å². The molecule has 3 fully saturated rings. The highest BCUT2D eigenvalue weighted by Gasteiger charge is 2.65. The van der Waals surface area contributed by atoms with Gasteiger partial charge in [0.25, 0.3) is 0 Å². The van der Waals surface area contributed by atoms with Crippen molar-refractivity contribution >= 4 is 12.1 Å². The molecule has 0 aliphatic heterocycles. The van der Waals surface area contributed by atoms with E-state index in [2.05, 4.69) is 60.6 Å². The fourth-order valence-electron chi connectivity index (χ4n) is 9.17. The molecule has 0 amide bonds. The number of carbonyl (C=O) groups excluding carboxylic acids is 2. The van der Waals surface area contributed by atoms with Crippen molar-refractivity contribution in [2.24, 2.45) is 45.3 Å². The molecule has 0 aromatic carbocycles. The van der Waals surface area contributed by atoms with Crippen LogP contribution in [0.3, 0.4) is 0 Å². The minimum atomic E-state index is -0.206. The Morgan fingerprint density at radius 2 is 1.81 bits per heavy atom. The molecular formula is C30H46O2. The Kier molecular flexibility index (Phi) is 5.95. The number of Topliss-reactive ketones (excluding diaryl/α,β-unsaturated/α-hetero) is 1. The Morgan fingerprint density at radius 3 is 2.47 bits per heavy atom. The minimum absolute atomic E-state index is 0.174. The van der Waals surface area contributed by atoms with Crippen LogP contribution in [-0.2, 0) is 9.59 Å². The van der Waals surface area contributed by atoms with Crippen molar-refractivity contribution < 1.29 is 9.59 Å². The second kappa shape index (κ2) is 7.95. The monoisotopic (exact) mass is 438 g/mol. The summed E-state index contributed by atoms with van der Waals surface area (Å²) in [6.07, 6.45) is 15.9. The van der Waals surface area contributed by atoms with Crippen molar-refractivity contribution in [3.8, 4) is 0 Å². The topological polar surface area (TPSA) is 34.1 Å². The molecule has 32 heavy (non-hydrogen) atoms. The number of fused-ring (bicyclic) bond motifs is 5. The summed E-state index contributed by atoms with van der Waals surface area (Å²) in [4.78, 5) is 25.0.